The zero-order chi connectivity index (χ0) is 23.3. The average Bonchev–Trinajstić information content (AvgIpc) is 2.88. The molecule has 0 aliphatic rings. The second-order valence-electron chi connectivity index (χ2n) is 6.82. The highest BCUT2D eigenvalue weighted by molar-refractivity contribution is 5.94. The van der Waals surface area contributed by atoms with Gasteiger partial charge in [0.25, 0.3) is 0 Å². The molecule has 1 aromatic carbocycles. The van der Waals surface area contributed by atoms with Gasteiger partial charge in [-0.05, 0) is 32.4 Å². The number of aryl methyl sites for hydroxylation is 1. The number of Topliss-reactive ketones (excluding diaryl/α,β-unsaturated/α-hetero) is 1. The fraction of sp³-hybridized carbons (Fsp3) is 0.286. The summed E-state index contributed by atoms with van der Waals surface area (Å²) in [5.74, 6) is 1.92. The molecule has 0 atom stereocenters. The molecule has 0 saturated carbocycles. The van der Waals surface area contributed by atoms with Crippen LogP contribution >= 0.6 is 0 Å². The van der Waals surface area contributed by atoms with Crippen LogP contribution in [0.1, 0.15) is 42.4 Å². The van der Waals surface area contributed by atoms with Gasteiger partial charge in [0, 0.05) is 29.9 Å². The highest BCUT2D eigenvalue weighted by Gasteiger charge is 2.06. The molecule has 0 spiro atoms. The van der Waals surface area contributed by atoms with Gasteiger partial charge in [-0.3, -0.25) is 4.79 Å². The lowest BCUT2D eigenvalue weighted by Gasteiger charge is -1.99. The fourth-order valence-electron chi connectivity index (χ4n) is 2.63. The first kappa shape index (κ1) is 23.5. The predicted octanol–water partition coefficient (Wildman–Crippen LogP) is 1.53. The molecule has 0 bridgehead atoms. The molecule has 12 heteroatoms. The summed E-state index contributed by atoms with van der Waals surface area (Å²) in [5, 5.41) is 30.9. The Kier molecular flexibility index (Phi) is 8.97. The molecule has 0 radical (unpaired) electrons. The molecule has 4 rings (SSSR count). The third-order valence-corrected chi connectivity index (χ3v) is 4.35. The lowest BCUT2D eigenvalue weighted by atomic mass is 10.1. The number of benzene rings is 1. The number of hydrogen-bond donors (Lipinski definition) is 1. The number of hydrogen-bond acceptors (Lipinski definition) is 12. The summed E-state index contributed by atoms with van der Waals surface area (Å²) in [6, 6.07) is 8.74. The lowest BCUT2D eigenvalue weighted by Crippen LogP contribution is -2.05. The third-order valence-electron chi connectivity index (χ3n) is 4.35. The van der Waals surface area contributed by atoms with Crippen molar-refractivity contribution in [3.63, 3.8) is 0 Å². The molecule has 0 amide bonds. The van der Waals surface area contributed by atoms with Crippen molar-refractivity contribution in [3.8, 4) is 23.0 Å². The monoisotopic (exact) mass is 445 g/mol. The van der Waals surface area contributed by atoms with E-state index in [1.165, 1.54) is 13.3 Å². The first-order valence-corrected chi connectivity index (χ1v) is 10.3. The van der Waals surface area contributed by atoms with E-state index in [0.717, 1.165) is 37.8 Å². The summed E-state index contributed by atoms with van der Waals surface area (Å²) < 4.78 is 0. The molecule has 0 unspecified atom stereocenters. The Hall–Kier alpha value is -4.19. The van der Waals surface area contributed by atoms with E-state index in [2.05, 4.69) is 50.8 Å². The zero-order valence-corrected chi connectivity index (χ0v) is 18.1. The van der Waals surface area contributed by atoms with Gasteiger partial charge < -0.3 is 5.73 Å². The molecule has 0 aliphatic carbocycles. The van der Waals surface area contributed by atoms with E-state index in [4.69, 9.17) is 5.73 Å². The van der Waals surface area contributed by atoms with Crippen molar-refractivity contribution >= 4 is 5.78 Å². The van der Waals surface area contributed by atoms with Crippen LogP contribution in [0.2, 0.25) is 0 Å². The van der Waals surface area contributed by atoms with E-state index in [1.54, 1.807) is 42.7 Å². The highest BCUT2D eigenvalue weighted by atomic mass is 16.1. The minimum Gasteiger partial charge on any atom is -0.330 e. The molecule has 168 valence electrons. The maximum absolute atomic E-state index is 11.0. The van der Waals surface area contributed by atoms with E-state index in [-0.39, 0.29) is 5.78 Å². The van der Waals surface area contributed by atoms with Crippen LogP contribution in [0.4, 0.5) is 0 Å². The minimum atomic E-state index is 0.0341. The van der Waals surface area contributed by atoms with Gasteiger partial charge in [0.05, 0.1) is 0 Å². The number of ketones is 1. The van der Waals surface area contributed by atoms with Gasteiger partial charge in [-0.25, -0.2) is 9.97 Å². The summed E-state index contributed by atoms with van der Waals surface area (Å²) in [6.45, 7) is 2.25. The Morgan fingerprint density at radius 3 is 2.06 bits per heavy atom. The van der Waals surface area contributed by atoms with Gasteiger partial charge in [0.1, 0.15) is 0 Å². The quantitative estimate of drug-likeness (QED) is 0.306. The standard InChI is InChI=1S/C11H15N7.C10H8N4O/c12-6-3-1-2-5-9-15-17-11(18-16-9)10-13-7-4-8-14-10;1-7(15)8-2-4-9(5-3-8)10-13-11-6-12-14-10/h4,7-8H,1-3,5-6,12H2;2-6H,1H3. The van der Waals surface area contributed by atoms with Crippen molar-refractivity contribution in [3.05, 3.63) is 60.4 Å². The first-order valence-electron chi connectivity index (χ1n) is 10.3. The fourth-order valence-corrected chi connectivity index (χ4v) is 2.63. The Morgan fingerprint density at radius 1 is 0.788 bits per heavy atom. The van der Waals surface area contributed by atoms with Gasteiger partial charge in [-0.1, -0.05) is 30.7 Å². The molecule has 0 fully saturated rings. The Bertz CT molecular complexity index is 1110. The number of aromatic nitrogens is 10. The van der Waals surface area contributed by atoms with Gasteiger partial charge in [0.2, 0.25) is 17.5 Å². The second-order valence-corrected chi connectivity index (χ2v) is 6.82. The van der Waals surface area contributed by atoms with Gasteiger partial charge in [-0.2, -0.15) is 0 Å². The van der Waals surface area contributed by atoms with E-state index < -0.39 is 0 Å². The molecule has 0 aliphatic heterocycles. The average molecular weight is 445 g/mol. The van der Waals surface area contributed by atoms with Crippen molar-refractivity contribution < 1.29 is 4.79 Å². The number of nitrogens with zero attached hydrogens (tertiary/aromatic N) is 10. The summed E-state index contributed by atoms with van der Waals surface area (Å²) in [5.41, 5.74) is 6.88. The van der Waals surface area contributed by atoms with E-state index >= 15 is 0 Å². The third kappa shape index (κ3) is 7.47. The minimum absolute atomic E-state index is 0.0341. The Balaban J connectivity index is 0.000000189. The molecule has 2 N–H and O–H groups in total. The number of carbonyl (C=O) groups excluding carboxylic acids is 1. The summed E-state index contributed by atoms with van der Waals surface area (Å²) in [7, 11) is 0. The maximum Gasteiger partial charge on any atom is 0.240 e. The number of rotatable bonds is 8. The van der Waals surface area contributed by atoms with Gasteiger partial charge >= 0.3 is 0 Å². The largest absolute Gasteiger partial charge is 0.330 e. The van der Waals surface area contributed by atoms with Crippen molar-refractivity contribution in [2.75, 3.05) is 6.54 Å². The van der Waals surface area contributed by atoms with Crippen molar-refractivity contribution in [2.45, 2.75) is 32.6 Å². The second kappa shape index (κ2) is 12.6. The molecule has 3 aromatic heterocycles. The van der Waals surface area contributed by atoms with Crippen LogP contribution in [0.15, 0.2) is 49.1 Å². The van der Waals surface area contributed by atoms with Crippen LogP contribution in [-0.2, 0) is 6.42 Å². The Labute approximate surface area is 190 Å². The molecule has 3 heterocycles. The first-order chi connectivity index (χ1) is 16.2. The van der Waals surface area contributed by atoms with Crippen molar-refractivity contribution in [2.24, 2.45) is 5.73 Å². The molecule has 0 saturated heterocycles. The van der Waals surface area contributed by atoms with Gasteiger partial charge in [-0.15, -0.1) is 40.8 Å². The van der Waals surface area contributed by atoms with Crippen LogP contribution in [0, 0.1) is 0 Å². The molecular weight excluding hydrogens is 422 g/mol. The summed E-state index contributed by atoms with van der Waals surface area (Å²) >= 11 is 0. The maximum atomic E-state index is 11.0. The Morgan fingerprint density at radius 2 is 1.45 bits per heavy atom. The zero-order valence-electron chi connectivity index (χ0n) is 18.1. The smallest absolute Gasteiger partial charge is 0.240 e. The summed E-state index contributed by atoms with van der Waals surface area (Å²) in [4.78, 5) is 19.1. The highest BCUT2D eigenvalue weighted by Crippen LogP contribution is 2.13. The van der Waals surface area contributed by atoms with E-state index in [9.17, 15) is 4.79 Å². The predicted molar refractivity (Wildman–Crippen MR) is 118 cm³/mol. The van der Waals surface area contributed by atoms with Crippen LogP contribution in [0.25, 0.3) is 23.0 Å². The van der Waals surface area contributed by atoms with E-state index in [1.807, 2.05) is 0 Å². The molecule has 33 heavy (non-hydrogen) atoms. The van der Waals surface area contributed by atoms with Crippen LogP contribution < -0.4 is 5.73 Å². The number of carbonyl (C=O) groups is 1. The number of nitrogens with two attached hydrogens (primary N) is 1. The lowest BCUT2D eigenvalue weighted by molar-refractivity contribution is 0.101. The number of unbranched alkanes of at least 4 members (excludes halogenated alkanes) is 2. The topological polar surface area (TPSA) is 172 Å². The molecule has 4 aromatic rings. The SMILES string of the molecule is CC(=O)c1ccc(-c2nncnn2)cc1.NCCCCCc1nnc(-c2ncccn2)nn1. The normalized spacial score (nSPS) is 10.2. The van der Waals surface area contributed by atoms with Crippen LogP contribution in [-0.4, -0.2) is 63.1 Å². The summed E-state index contributed by atoms with van der Waals surface area (Å²) in [6.07, 6.45) is 8.41. The van der Waals surface area contributed by atoms with Crippen molar-refractivity contribution in [1.82, 2.24) is 50.8 Å². The van der Waals surface area contributed by atoms with E-state index in [0.29, 0.717) is 28.9 Å². The molecule has 12 nitrogen and oxygen atoms in total. The molecular formula is C21H23N11O. The van der Waals surface area contributed by atoms with Crippen LogP contribution in [0.5, 0.6) is 0 Å². The van der Waals surface area contributed by atoms with Crippen LogP contribution in [0.3, 0.4) is 0 Å². The van der Waals surface area contributed by atoms with Crippen molar-refractivity contribution in [1.29, 1.82) is 0 Å². The van der Waals surface area contributed by atoms with Gasteiger partial charge in [0.15, 0.2) is 17.9 Å².